The van der Waals surface area contributed by atoms with E-state index in [1.807, 2.05) is 91.3 Å². The number of benzene rings is 7. The third kappa shape index (κ3) is 6.17. The van der Waals surface area contributed by atoms with Gasteiger partial charge in [0.05, 0.1) is 11.0 Å². The molecule has 0 N–H and O–H groups in total. The first-order valence-electron chi connectivity index (χ1n) is 19.0. The molecule has 7 aromatic carbocycles. The summed E-state index contributed by atoms with van der Waals surface area (Å²) >= 11 is 0. The Labute approximate surface area is 334 Å². The molecule has 272 valence electrons. The largest absolute Gasteiger partial charge is 0.449 e. The lowest BCUT2D eigenvalue weighted by Gasteiger charge is -2.24. The van der Waals surface area contributed by atoms with Gasteiger partial charge in [-0.2, -0.15) is 0 Å². The molecule has 0 amide bonds. The van der Waals surface area contributed by atoms with Crippen molar-refractivity contribution in [3.63, 3.8) is 0 Å². The van der Waals surface area contributed by atoms with E-state index < -0.39 is 0 Å². The van der Waals surface area contributed by atoms with Crippen LogP contribution in [0.1, 0.15) is 0 Å². The van der Waals surface area contributed by atoms with Crippen LogP contribution in [0.25, 0.3) is 89.4 Å². The van der Waals surface area contributed by atoms with Crippen LogP contribution in [0.2, 0.25) is 0 Å². The van der Waals surface area contributed by atoms with E-state index in [0.29, 0.717) is 40.5 Å². The number of ether oxygens (including phenoxy) is 2. The summed E-state index contributed by atoms with van der Waals surface area (Å²) < 4.78 is 13.3. The topological polar surface area (TPSA) is 82.9 Å². The molecule has 0 bridgehead atoms. The lowest BCUT2D eigenvalue weighted by atomic mass is 9.92. The molecule has 11 rings (SSSR count). The van der Waals surface area contributed by atoms with Gasteiger partial charge in [-0.25, -0.2) is 15.0 Å². The maximum absolute atomic E-state index is 6.71. The highest BCUT2D eigenvalue weighted by Gasteiger charge is 2.24. The summed E-state index contributed by atoms with van der Waals surface area (Å²) in [4.78, 5) is 24.2. The van der Waals surface area contributed by atoms with Gasteiger partial charge in [0.1, 0.15) is 0 Å². The van der Waals surface area contributed by atoms with Crippen LogP contribution < -0.4 is 9.47 Å². The van der Waals surface area contributed by atoms with E-state index in [0.717, 1.165) is 71.9 Å². The van der Waals surface area contributed by atoms with Gasteiger partial charge in [-0.05, 0) is 88.0 Å². The predicted molar refractivity (Wildman–Crippen MR) is 230 cm³/mol. The van der Waals surface area contributed by atoms with Gasteiger partial charge in [-0.1, -0.05) is 121 Å². The smallest absolute Gasteiger partial charge is 0.170 e. The van der Waals surface area contributed by atoms with E-state index in [-0.39, 0.29) is 0 Å². The molecule has 1 aliphatic rings. The molecule has 0 atom stereocenters. The molecule has 0 radical (unpaired) electrons. The SMILES string of the molecule is c1ccc(-c2ccc(-c3nc(-c4ccccc4)nc(-c4ccc5c(c4)Oc4cc(-c6ccc7cccnc7c6)c(-c6ccc7cccnc7c6)cc4O5)n3)cc2)cc1. The van der Waals surface area contributed by atoms with Crippen molar-refractivity contribution in [2.75, 3.05) is 0 Å². The molecule has 0 saturated heterocycles. The van der Waals surface area contributed by atoms with Crippen LogP contribution in [0.4, 0.5) is 0 Å². The van der Waals surface area contributed by atoms with Crippen molar-refractivity contribution < 1.29 is 9.47 Å². The van der Waals surface area contributed by atoms with E-state index in [1.54, 1.807) is 0 Å². The summed E-state index contributed by atoms with van der Waals surface area (Å²) in [6, 6.07) is 59.3. The van der Waals surface area contributed by atoms with Crippen molar-refractivity contribution in [1.29, 1.82) is 0 Å². The highest BCUT2D eigenvalue weighted by Crippen LogP contribution is 2.50. The van der Waals surface area contributed by atoms with Gasteiger partial charge >= 0.3 is 0 Å². The van der Waals surface area contributed by atoms with E-state index in [1.165, 1.54) is 0 Å². The first-order chi connectivity index (χ1) is 28.7. The number of nitrogens with zero attached hydrogens (tertiary/aromatic N) is 5. The number of hydrogen-bond acceptors (Lipinski definition) is 7. The molecule has 0 saturated carbocycles. The van der Waals surface area contributed by atoms with Crippen molar-refractivity contribution in [2.24, 2.45) is 0 Å². The molecule has 58 heavy (non-hydrogen) atoms. The van der Waals surface area contributed by atoms with Gasteiger partial charge in [0.15, 0.2) is 40.5 Å². The van der Waals surface area contributed by atoms with E-state index in [2.05, 4.69) is 107 Å². The number of fused-ring (bicyclic) bond motifs is 4. The van der Waals surface area contributed by atoms with Gasteiger partial charge in [0, 0.05) is 39.9 Å². The summed E-state index contributed by atoms with van der Waals surface area (Å²) in [5.41, 5.74) is 10.7. The zero-order chi connectivity index (χ0) is 38.4. The van der Waals surface area contributed by atoms with E-state index >= 15 is 0 Å². The van der Waals surface area contributed by atoms with Gasteiger partial charge in [-0.15, -0.1) is 0 Å². The Hall–Kier alpha value is -8.03. The van der Waals surface area contributed by atoms with Gasteiger partial charge in [0.25, 0.3) is 0 Å². The molecule has 3 aromatic heterocycles. The van der Waals surface area contributed by atoms with Crippen molar-refractivity contribution in [2.45, 2.75) is 0 Å². The summed E-state index contributed by atoms with van der Waals surface area (Å²) in [5.74, 6) is 4.06. The molecule has 1 aliphatic heterocycles. The third-order valence-electron chi connectivity index (χ3n) is 10.5. The van der Waals surface area contributed by atoms with Crippen LogP contribution in [0.5, 0.6) is 23.0 Å². The summed E-state index contributed by atoms with van der Waals surface area (Å²) in [6.07, 6.45) is 3.64. The fourth-order valence-electron chi connectivity index (χ4n) is 7.51. The highest BCUT2D eigenvalue weighted by atomic mass is 16.6. The average molecular weight is 746 g/mol. The molecule has 0 unspecified atom stereocenters. The number of pyridine rings is 2. The Balaban J connectivity index is 0.997. The van der Waals surface area contributed by atoms with Gasteiger partial charge in [-0.3, -0.25) is 9.97 Å². The Kier molecular flexibility index (Phi) is 8.00. The lowest BCUT2D eigenvalue weighted by Crippen LogP contribution is -2.03. The van der Waals surface area contributed by atoms with Crippen LogP contribution in [0.3, 0.4) is 0 Å². The minimum absolute atomic E-state index is 0.526. The van der Waals surface area contributed by atoms with Gasteiger partial charge < -0.3 is 9.47 Å². The Bertz CT molecular complexity index is 3170. The molecule has 10 aromatic rings. The second-order valence-corrected chi connectivity index (χ2v) is 14.1. The quantitative estimate of drug-likeness (QED) is 0.168. The van der Waals surface area contributed by atoms with Crippen LogP contribution >= 0.6 is 0 Å². The number of rotatable bonds is 6. The average Bonchev–Trinajstić information content (AvgIpc) is 3.30. The molecule has 7 nitrogen and oxygen atoms in total. The van der Waals surface area contributed by atoms with Crippen molar-refractivity contribution in [3.8, 4) is 90.5 Å². The molecule has 4 heterocycles. The third-order valence-corrected chi connectivity index (χ3v) is 10.5. The molecule has 7 heteroatoms. The van der Waals surface area contributed by atoms with Crippen LogP contribution in [0.15, 0.2) is 188 Å². The first-order valence-corrected chi connectivity index (χ1v) is 19.0. The van der Waals surface area contributed by atoms with E-state index in [4.69, 9.17) is 24.4 Å². The minimum atomic E-state index is 0.526. The predicted octanol–water partition coefficient (Wildman–Crippen LogP) is 12.9. The second-order valence-electron chi connectivity index (χ2n) is 14.1. The molecule has 0 fully saturated rings. The highest BCUT2D eigenvalue weighted by molar-refractivity contribution is 5.94. The minimum Gasteiger partial charge on any atom is -0.449 e. The fraction of sp³-hybridized carbons (Fsp3) is 0. The fourth-order valence-corrected chi connectivity index (χ4v) is 7.51. The van der Waals surface area contributed by atoms with Crippen LogP contribution in [-0.2, 0) is 0 Å². The molecule has 0 spiro atoms. The summed E-state index contributed by atoms with van der Waals surface area (Å²) in [5, 5.41) is 2.15. The normalized spacial score (nSPS) is 11.7. The Morgan fingerprint density at radius 2 is 0.724 bits per heavy atom. The van der Waals surface area contributed by atoms with Crippen molar-refractivity contribution in [3.05, 3.63) is 188 Å². The van der Waals surface area contributed by atoms with Crippen LogP contribution in [0, 0.1) is 0 Å². The Morgan fingerprint density at radius 3 is 1.31 bits per heavy atom. The first kappa shape index (κ1) is 33.3. The number of aromatic nitrogens is 5. The van der Waals surface area contributed by atoms with E-state index in [9.17, 15) is 0 Å². The summed E-state index contributed by atoms with van der Waals surface area (Å²) in [6.45, 7) is 0. The standard InChI is InChI=1S/C51H31N5O2/c1-3-9-32(10-4-1)33-15-19-37(20-16-33)50-54-49(36-11-5-2-6-12-36)55-51(56-50)40-23-24-45-46(29-40)58-48-31-42(39-22-18-35-14-8-26-53-44(35)28-39)41(30-47(48)57-45)38-21-17-34-13-7-25-52-43(34)27-38/h1-31H. The van der Waals surface area contributed by atoms with Crippen LogP contribution in [-0.4, -0.2) is 24.9 Å². The van der Waals surface area contributed by atoms with Crippen molar-refractivity contribution >= 4 is 21.8 Å². The summed E-state index contributed by atoms with van der Waals surface area (Å²) in [7, 11) is 0. The monoisotopic (exact) mass is 745 g/mol. The zero-order valence-electron chi connectivity index (χ0n) is 31.0. The maximum Gasteiger partial charge on any atom is 0.170 e. The molecular weight excluding hydrogens is 715 g/mol. The molecule has 0 aliphatic carbocycles. The maximum atomic E-state index is 6.71. The van der Waals surface area contributed by atoms with Crippen molar-refractivity contribution in [1.82, 2.24) is 24.9 Å². The Morgan fingerprint density at radius 1 is 0.293 bits per heavy atom. The molecular formula is C51H31N5O2. The van der Waals surface area contributed by atoms with Gasteiger partial charge in [0.2, 0.25) is 0 Å². The second kappa shape index (κ2) is 13.9. The number of hydrogen-bond donors (Lipinski definition) is 0. The zero-order valence-corrected chi connectivity index (χ0v) is 31.0. The lowest BCUT2D eigenvalue weighted by molar-refractivity contribution is 0.360.